The Hall–Kier alpha value is -2.16. The van der Waals surface area contributed by atoms with Crippen LogP contribution >= 0.6 is 12.4 Å². The maximum atomic E-state index is 11.8. The lowest BCUT2D eigenvalue weighted by Crippen LogP contribution is -2.29. The van der Waals surface area contributed by atoms with Crippen LogP contribution in [0.1, 0.15) is 36.4 Å². The number of carboxylic acids is 1. The van der Waals surface area contributed by atoms with E-state index in [2.05, 4.69) is 5.32 Å². The lowest BCUT2D eigenvalue weighted by molar-refractivity contribution is -0.151. The van der Waals surface area contributed by atoms with Gasteiger partial charge in [0.2, 0.25) is 5.91 Å². The SMILES string of the molecule is CN1O[C@@H](CC(=O)NCCC(=O)O)C[C@H]1c1ccc(C(=N)N)cc1.Cl. The van der Waals surface area contributed by atoms with E-state index in [0.717, 1.165) is 5.56 Å². The molecule has 0 aromatic heterocycles. The van der Waals surface area contributed by atoms with Crippen LogP contribution in [-0.2, 0) is 14.4 Å². The molecule has 0 aliphatic carbocycles. The maximum absolute atomic E-state index is 11.8. The highest BCUT2D eigenvalue weighted by Gasteiger charge is 2.33. The second kappa shape index (κ2) is 9.36. The Kier molecular flexibility index (Phi) is 7.82. The van der Waals surface area contributed by atoms with Crippen LogP contribution in [-0.4, -0.2) is 47.6 Å². The molecule has 5 N–H and O–H groups in total. The number of hydroxylamine groups is 2. The van der Waals surface area contributed by atoms with Crippen LogP contribution in [0.3, 0.4) is 0 Å². The number of amides is 1. The number of carbonyl (C=O) groups is 2. The number of amidine groups is 1. The molecule has 1 aromatic carbocycles. The van der Waals surface area contributed by atoms with E-state index >= 15 is 0 Å². The van der Waals surface area contributed by atoms with Crippen molar-refractivity contribution >= 4 is 30.1 Å². The third-order valence-electron chi connectivity index (χ3n) is 3.92. The zero-order valence-electron chi connectivity index (χ0n) is 13.9. The smallest absolute Gasteiger partial charge is 0.305 e. The summed E-state index contributed by atoms with van der Waals surface area (Å²) in [4.78, 5) is 27.9. The zero-order valence-corrected chi connectivity index (χ0v) is 14.7. The lowest BCUT2D eigenvalue weighted by atomic mass is 9.99. The van der Waals surface area contributed by atoms with Crippen molar-refractivity contribution in [2.45, 2.75) is 31.4 Å². The number of nitrogens with zero attached hydrogens (tertiary/aromatic N) is 1. The van der Waals surface area contributed by atoms with E-state index in [1.54, 1.807) is 17.2 Å². The van der Waals surface area contributed by atoms with E-state index < -0.39 is 5.97 Å². The molecule has 0 bridgehead atoms. The van der Waals surface area contributed by atoms with Crippen LogP contribution in [0.25, 0.3) is 0 Å². The quantitative estimate of drug-likeness (QED) is 0.419. The van der Waals surface area contributed by atoms with Gasteiger partial charge in [0.25, 0.3) is 0 Å². The zero-order chi connectivity index (χ0) is 17.7. The molecule has 138 valence electrons. The van der Waals surface area contributed by atoms with Crippen molar-refractivity contribution in [3.8, 4) is 0 Å². The molecule has 25 heavy (non-hydrogen) atoms. The molecule has 0 spiro atoms. The number of nitrogens with one attached hydrogen (secondary N) is 2. The molecule has 1 amide bonds. The number of hydrogen-bond donors (Lipinski definition) is 4. The number of nitrogens with two attached hydrogens (primary N) is 1. The molecular formula is C16H23ClN4O4. The summed E-state index contributed by atoms with van der Waals surface area (Å²) in [6.07, 6.45) is 0.494. The number of carbonyl (C=O) groups excluding carboxylic acids is 1. The molecule has 2 atom stereocenters. The molecule has 1 aliphatic rings. The summed E-state index contributed by atoms with van der Waals surface area (Å²) in [5.74, 6) is -1.14. The van der Waals surface area contributed by atoms with Gasteiger partial charge in [-0.3, -0.25) is 19.8 Å². The normalized spacial score (nSPS) is 19.9. The average Bonchev–Trinajstić information content (AvgIpc) is 2.87. The lowest BCUT2D eigenvalue weighted by Gasteiger charge is -2.17. The topological polar surface area (TPSA) is 129 Å². The van der Waals surface area contributed by atoms with Crippen LogP contribution in [0, 0.1) is 5.41 Å². The molecule has 0 unspecified atom stereocenters. The summed E-state index contributed by atoms with van der Waals surface area (Å²) in [5.41, 5.74) is 7.13. The molecule has 1 fully saturated rings. The van der Waals surface area contributed by atoms with E-state index in [0.29, 0.717) is 12.0 Å². The van der Waals surface area contributed by atoms with Crippen LogP contribution in [0.15, 0.2) is 24.3 Å². The molecule has 1 saturated heterocycles. The van der Waals surface area contributed by atoms with Gasteiger partial charge in [-0.15, -0.1) is 12.4 Å². The first-order valence-electron chi connectivity index (χ1n) is 7.69. The van der Waals surface area contributed by atoms with Crippen molar-refractivity contribution in [3.63, 3.8) is 0 Å². The van der Waals surface area contributed by atoms with Gasteiger partial charge in [-0.25, -0.2) is 0 Å². The summed E-state index contributed by atoms with van der Waals surface area (Å²) in [6.45, 7) is 0.118. The van der Waals surface area contributed by atoms with Gasteiger partial charge in [-0.05, 0) is 12.0 Å². The Morgan fingerprint density at radius 3 is 2.60 bits per heavy atom. The van der Waals surface area contributed by atoms with E-state index in [-0.39, 0.29) is 55.7 Å². The van der Waals surface area contributed by atoms with Crippen molar-refractivity contribution in [1.82, 2.24) is 10.4 Å². The van der Waals surface area contributed by atoms with Gasteiger partial charge in [-0.2, -0.15) is 5.06 Å². The fourth-order valence-electron chi connectivity index (χ4n) is 2.69. The summed E-state index contributed by atoms with van der Waals surface area (Å²) in [7, 11) is 1.81. The van der Waals surface area contributed by atoms with Gasteiger partial charge < -0.3 is 16.2 Å². The highest BCUT2D eigenvalue weighted by Crippen LogP contribution is 2.33. The Morgan fingerprint density at radius 2 is 2.04 bits per heavy atom. The number of halogens is 1. The number of rotatable bonds is 7. The van der Waals surface area contributed by atoms with Crippen LogP contribution in [0.4, 0.5) is 0 Å². The van der Waals surface area contributed by atoms with Crippen LogP contribution in [0.2, 0.25) is 0 Å². The maximum Gasteiger partial charge on any atom is 0.305 e. The Labute approximate surface area is 152 Å². The minimum Gasteiger partial charge on any atom is -0.481 e. The van der Waals surface area contributed by atoms with Gasteiger partial charge >= 0.3 is 5.97 Å². The van der Waals surface area contributed by atoms with Crippen molar-refractivity contribution in [3.05, 3.63) is 35.4 Å². The third-order valence-corrected chi connectivity index (χ3v) is 3.92. The largest absolute Gasteiger partial charge is 0.481 e. The highest BCUT2D eigenvalue weighted by atomic mass is 35.5. The van der Waals surface area contributed by atoms with E-state index in [1.165, 1.54) is 0 Å². The van der Waals surface area contributed by atoms with Crippen molar-refractivity contribution in [2.75, 3.05) is 13.6 Å². The average molecular weight is 371 g/mol. The van der Waals surface area contributed by atoms with Crippen molar-refractivity contribution in [2.24, 2.45) is 5.73 Å². The first-order valence-corrected chi connectivity index (χ1v) is 7.69. The second-order valence-corrected chi connectivity index (χ2v) is 5.76. The van der Waals surface area contributed by atoms with Crippen LogP contribution < -0.4 is 11.1 Å². The standard InChI is InChI=1S/C16H22N4O4.ClH/c1-20-13(10-2-4-11(5-3-10)16(17)18)8-12(24-20)9-14(21)19-7-6-15(22)23;/h2-5,12-13H,6-9H2,1H3,(H3,17,18)(H,19,21)(H,22,23);1H/t12-,13+;/m1./s1. The number of aliphatic carboxylic acids is 1. The fraction of sp³-hybridized carbons (Fsp3) is 0.438. The summed E-state index contributed by atoms with van der Waals surface area (Å²) in [5, 5.41) is 20.3. The minimum atomic E-state index is -0.943. The fourth-order valence-corrected chi connectivity index (χ4v) is 2.69. The number of carboxylic acid groups (broad SMARTS) is 1. The van der Waals surface area contributed by atoms with Gasteiger partial charge in [0, 0.05) is 19.2 Å². The van der Waals surface area contributed by atoms with E-state index in [9.17, 15) is 9.59 Å². The summed E-state index contributed by atoms with van der Waals surface area (Å²) in [6, 6.07) is 7.39. The number of benzene rings is 1. The van der Waals surface area contributed by atoms with Crippen molar-refractivity contribution in [1.29, 1.82) is 5.41 Å². The second-order valence-electron chi connectivity index (χ2n) is 5.76. The summed E-state index contributed by atoms with van der Waals surface area (Å²) < 4.78 is 0. The van der Waals surface area contributed by atoms with E-state index in [1.807, 2.05) is 19.2 Å². The predicted molar refractivity (Wildman–Crippen MR) is 94.6 cm³/mol. The van der Waals surface area contributed by atoms with Crippen molar-refractivity contribution < 1.29 is 19.5 Å². The van der Waals surface area contributed by atoms with Gasteiger partial charge in [0.15, 0.2) is 0 Å². The molecule has 8 nitrogen and oxygen atoms in total. The molecule has 2 rings (SSSR count). The Bertz CT molecular complexity index is 623. The monoisotopic (exact) mass is 370 g/mol. The highest BCUT2D eigenvalue weighted by molar-refractivity contribution is 5.94. The first kappa shape index (κ1) is 20.9. The third kappa shape index (κ3) is 6.00. The minimum absolute atomic E-state index is 0. The van der Waals surface area contributed by atoms with Gasteiger partial charge in [0.1, 0.15) is 5.84 Å². The molecule has 0 radical (unpaired) electrons. The van der Waals surface area contributed by atoms with Gasteiger partial charge in [-0.1, -0.05) is 24.3 Å². The molecule has 1 heterocycles. The first-order chi connectivity index (χ1) is 11.4. The summed E-state index contributed by atoms with van der Waals surface area (Å²) >= 11 is 0. The Balaban J connectivity index is 0.00000312. The van der Waals surface area contributed by atoms with Gasteiger partial charge in [0.05, 0.1) is 25.0 Å². The number of nitrogen functional groups attached to an aromatic ring is 1. The molecular weight excluding hydrogens is 348 g/mol. The molecule has 9 heteroatoms. The molecule has 1 aromatic rings. The molecule has 0 saturated carbocycles. The van der Waals surface area contributed by atoms with Crippen LogP contribution in [0.5, 0.6) is 0 Å². The predicted octanol–water partition coefficient (Wildman–Crippen LogP) is 1.05. The number of hydrogen-bond acceptors (Lipinski definition) is 5. The Morgan fingerprint density at radius 1 is 1.40 bits per heavy atom. The molecule has 1 aliphatic heterocycles. The van der Waals surface area contributed by atoms with E-state index in [4.69, 9.17) is 21.1 Å².